The van der Waals surface area contributed by atoms with Gasteiger partial charge in [-0.05, 0) is 44.6 Å². The third-order valence-corrected chi connectivity index (χ3v) is 3.77. The number of nitrogens with zero attached hydrogens (tertiary/aromatic N) is 3. The highest BCUT2D eigenvalue weighted by atomic mass is 127. The molecule has 0 fully saturated rings. The lowest BCUT2D eigenvalue weighted by atomic mass is 10.2. The highest BCUT2D eigenvalue weighted by Crippen LogP contribution is 2.02. The Labute approximate surface area is 174 Å². The summed E-state index contributed by atoms with van der Waals surface area (Å²) in [5.41, 5.74) is 2.32. The minimum absolute atomic E-state index is 0. The number of benzene rings is 1. The summed E-state index contributed by atoms with van der Waals surface area (Å²) in [5.74, 6) is 0.846. The van der Waals surface area contributed by atoms with Crippen molar-refractivity contribution in [2.75, 3.05) is 26.7 Å². The van der Waals surface area contributed by atoms with Crippen LogP contribution in [-0.4, -0.2) is 42.5 Å². The average Bonchev–Trinajstić information content (AvgIpc) is 2.65. The number of aromatic nitrogens is 1. The molecule has 2 aromatic rings. The Morgan fingerprint density at radius 1 is 1.08 bits per heavy atom. The van der Waals surface area contributed by atoms with E-state index in [-0.39, 0.29) is 24.0 Å². The smallest absolute Gasteiger partial charge is 0.191 e. The van der Waals surface area contributed by atoms with Crippen LogP contribution in [0.4, 0.5) is 0 Å². The molecule has 0 aliphatic carbocycles. The molecule has 0 spiro atoms. The average molecular weight is 467 g/mol. The Kier molecular flexibility index (Phi) is 11.6. The van der Waals surface area contributed by atoms with E-state index in [0.717, 1.165) is 44.3 Å². The zero-order valence-electron chi connectivity index (χ0n) is 15.7. The van der Waals surface area contributed by atoms with Crippen LogP contribution in [-0.2, 0) is 13.1 Å². The first-order valence-corrected chi connectivity index (χ1v) is 8.92. The van der Waals surface area contributed by atoms with Gasteiger partial charge in [-0.3, -0.25) is 4.98 Å². The molecular weight excluding hydrogens is 437 g/mol. The molecule has 6 heteroatoms. The fourth-order valence-electron chi connectivity index (χ4n) is 2.52. The van der Waals surface area contributed by atoms with Crippen molar-refractivity contribution < 1.29 is 0 Å². The molecule has 1 heterocycles. The highest BCUT2D eigenvalue weighted by Gasteiger charge is 2.01. The van der Waals surface area contributed by atoms with Crippen molar-refractivity contribution >= 4 is 29.9 Å². The van der Waals surface area contributed by atoms with Gasteiger partial charge in [0.15, 0.2) is 5.96 Å². The van der Waals surface area contributed by atoms with Crippen molar-refractivity contribution in [2.24, 2.45) is 4.99 Å². The van der Waals surface area contributed by atoms with E-state index in [9.17, 15) is 0 Å². The molecule has 5 nitrogen and oxygen atoms in total. The lowest BCUT2D eigenvalue weighted by Crippen LogP contribution is -2.38. The predicted octanol–water partition coefficient (Wildman–Crippen LogP) is 3.28. The molecule has 0 atom stereocenters. The molecule has 0 amide bonds. The number of rotatable bonds is 9. The molecule has 0 radical (unpaired) electrons. The fourth-order valence-corrected chi connectivity index (χ4v) is 2.52. The summed E-state index contributed by atoms with van der Waals surface area (Å²) in [6.45, 7) is 6.43. The number of hydrogen-bond acceptors (Lipinski definition) is 3. The topological polar surface area (TPSA) is 52.6 Å². The van der Waals surface area contributed by atoms with Crippen molar-refractivity contribution in [3.63, 3.8) is 0 Å². The Morgan fingerprint density at radius 3 is 2.54 bits per heavy atom. The van der Waals surface area contributed by atoms with E-state index in [0.29, 0.717) is 6.54 Å². The second-order valence-corrected chi connectivity index (χ2v) is 6.02. The van der Waals surface area contributed by atoms with Gasteiger partial charge < -0.3 is 15.5 Å². The number of guanidine groups is 1. The summed E-state index contributed by atoms with van der Waals surface area (Å²) in [6.07, 6.45) is 2.87. The summed E-state index contributed by atoms with van der Waals surface area (Å²) in [6, 6.07) is 16.5. The number of hydrogen-bond donors (Lipinski definition) is 2. The maximum Gasteiger partial charge on any atom is 0.191 e. The molecule has 1 aromatic heterocycles. The van der Waals surface area contributed by atoms with Crippen LogP contribution in [0.3, 0.4) is 0 Å². The van der Waals surface area contributed by atoms with Crippen LogP contribution in [0.5, 0.6) is 0 Å². The lowest BCUT2D eigenvalue weighted by Gasteiger charge is -2.17. The van der Waals surface area contributed by atoms with Crippen LogP contribution >= 0.6 is 24.0 Å². The van der Waals surface area contributed by atoms with Gasteiger partial charge in [0.25, 0.3) is 0 Å². The Balaban J connectivity index is 0.00000338. The van der Waals surface area contributed by atoms with Crippen molar-refractivity contribution in [1.82, 2.24) is 20.5 Å². The Bertz CT molecular complexity index is 619. The van der Waals surface area contributed by atoms with E-state index in [2.05, 4.69) is 69.8 Å². The van der Waals surface area contributed by atoms with E-state index in [1.165, 1.54) is 5.56 Å². The van der Waals surface area contributed by atoms with Gasteiger partial charge in [0.1, 0.15) is 0 Å². The molecule has 0 aliphatic heterocycles. The monoisotopic (exact) mass is 467 g/mol. The first-order valence-electron chi connectivity index (χ1n) is 8.92. The number of nitrogens with one attached hydrogen (secondary N) is 2. The number of aliphatic imine (C=N–C) groups is 1. The molecule has 0 saturated carbocycles. The van der Waals surface area contributed by atoms with E-state index in [1.807, 2.05) is 18.2 Å². The standard InChI is InChI=1S/C20H29N5.HI/c1-3-21-20(24-16-19-12-7-8-13-22-19)23-14-9-15-25(2)17-18-10-5-4-6-11-18;/h4-8,10-13H,3,9,14-17H2,1-2H3,(H2,21,23,24);1H. The zero-order valence-corrected chi connectivity index (χ0v) is 18.0. The molecule has 1 aromatic carbocycles. The van der Waals surface area contributed by atoms with Crippen LogP contribution in [0.2, 0.25) is 0 Å². The second-order valence-electron chi connectivity index (χ2n) is 6.02. The lowest BCUT2D eigenvalue weighted by molar-refractivity contribution is 0.322. The summed E-state index contributed by atoms with van der Waals surface area (Å²) in [4.78, 5) is 11.2. The van der Waals surface area contributed by atoms with E-state index in [1.54, 1.807) is 6.20 Å². The van der Waals surface area contributed by atoms with E-state index < -0.39 is 0 Å². The first kappa shape index (κ1) is 22.4. The summed E-state index contributed by atoms with van der Waals surface area (Å²) in [7, 11) is 2.16. The van der Waals surface area contributed by atoms with E-state index in [4.69, 9.17) is 0 Å². The highest BCUT2D eigenvalue weighted by molar-refractivity contribution is 14.0. The number of pyridine rings is 1. The molecule has 0 unspecified atom stereocenters. The molecule has 26 heavy (non-hydrogen) atoms. The van der Waals surface area contributed by atoms with Gasteiger partial charge in [-0.1, -0.05) is 36.4 Å². The van der Waals surface area contributed by atoms with Crippen molar-refractivity contribution in [3.8, 4) is 0 Å². The van der Waals surface area contributed by atoms with Crippen LogP contribution < -0.4 is 10.6 Å². The molecule has 0 saturated heterocycles. The third-order valence-electron chi connectivity index (χ3n) is 3.77. The maximum absolute atomic E-state index is 4.59. The van der Waals surface area contributed by atoms with Gasteiger partial charge >= 0.3 is 0 Å². The van der Waals surface area contributed by atoms with E-state index >= 15 is 0 Å². The third kappa shape index (κ3) is 9.15. The van der Waals surface area contributed by atoms with Crippen LogP contribution in [0, 0.1) is 0 Å². The van der Waals surface area contributed by atoms with Gasteiger partial charge in [0, 0.05) is 25.8 Å². The quantitative estimate of drug-likeness (QED) is 0.257. The summed E-state index contributed by atoms with van der Waals surface area (Å²) >= 11 is 0. The maximum atomic E-state index is 4.59. The minimum Gasteiger partial charge on any atom is -0.357 e. The van der Waals surface area contributed by atoms with Gasteiger partial charge in [0.05, 0.1) is 12.2 Å². The molecule has 142 valence electrons. The van der Waals surface area contributed by atoms with Crippen LogP contribution in [0.15, 0.2) is 59.7 Å². The first-order chi connectivity index (χ1) is 12.3. The summed E-state index contributed by atoms with van der Waals surface area (Å²) < 4.78 is 0. The Morgan fingerprint density at radius 2 is 1.85 bits per heavy atom. The van der Waals surface area contributed by atoms with Crippen molar-refractivity contribution in [3.05, 3.63) is 66.0 Å². The molecule has 2 N–H and O–H groups in total. The minimum atomic E-state index is 0. The largest absolute Gasteiger partial charge is 0.357 e. The normalized spacial score (nSPS) is 11.1. The molecule has 2 rings (SSSR count). The second kappa shape index (κ2) is 13.5. The van der Waals surface area contributed by atoms with Gasteiger partial charge in [-0.15, -0.1) is 24.0 Å². The fraction of sp³-hybridized carbons (Fsp3) is 0.400. The number of halogens is 1. The molecule has 0 bridgehead atoms. The van der Waals surface area contributed by atoms with Gasteiger partial charge in [-0.25, -0.2) is 4.99 Å². The Hall–Kier alpha value is -1.67. The van der Waals surface area contributed by atoms with Crippen LogP contribution in [0.25, 0.3) is 0 Å². The van der Waals surface area contributed by atoms with Crippen LogP contribution in [0.1, 0.15) is 24.6 Å². The molecular formula is C20H30IN5. The van der Waals surface area contributed by atoms with Crippen molar-refractivity contribution in [2.45, 2.75) is 26.4 Å². The molecule has 0 aliphatic rings. The SMILES string of the molecule is CCNC(=NCc1ccccn1)NCCCN(C)Cc1ccccc1.I. The zero-order chi connectivity index (χ0) is 17.7. The van der Waals surface area contributed by atoms with Gasteiger partial charge in [0.2, 0.25) is 0 Å². The summed E-state index contributed by atoms with van der Waals surface area (Å²) in [5, 5.41) is 6.67. The van der Waals surface area contributed by atoms with Crippen molar-refractivity contribution in [1.29, 1.82) is 0 Å². The predicted molar refractivity (Wildman–Crippen MR) is 120 cm³/mol. The van der Waals surface area contributed by atoms with Gasteiger partial charge in [-0.2, -0.15) is 0 Å².